The normalized spacial score (nSPS) is 13.0. The number of anilines is 1. The Bertz CT molecular complexity index is 466. The molecule has 0 heterocycles. The predicted octanol–water partition coefficient (Wildman–Crippen LogP) is 2.70. The second-order valence-corrected chi connectivity index (χ2v) is 6.60. The Morgan fingerprint density at radius 1 is 1.27 bits per heavy atom. The van der Waals surface area contributed by atoms with E-state index >= 15 is 0 Å². The van der Waals surface area contributed by atoms with E-state index in [1.54, 1.807) is 0 Å². The lowest BCUT2D eigenvalue weighted by Gasteiger charge is -2.23. The van der Waals surface area contributed by atoms with Crippen molar-refractivity contribution in [2.45, 2.75) is 45.8 Å². The third-order valence-electron chi connectivity index (χ3n) is 2.90. The molecule has 1 aromatic rings. The molecule has 0 saturated heterocycles. The maximum absolute atomic E-state index is 11.7. The van der Waals surface area contributed by atoms with E-state index in [1.165, 1.54) is 0 Å². The first-order chi connectivity index (χ1) is 10.2. The molecule has 0 amide bonds. The van der Waals surface area contributed by atoms with Crippen molar-refractivity contribution in [2.24, 2.45) is 0 Å². The molecule has 0 spiro atoms. The van der Waals surface area contributed by atoms with Crippen molar-refractivity contribution in [3.8, 4) is 5.75 Å². The van der Waals surface area contributed by atoms with Crippen LogP contribution < -0.4 is 10.5 Å². The number of esters is 1. The average molecular weight is 308 g/mol. The van der Waals surface area contributed by atoms with E-state index in [0.29, 0.717) is 13.0 Å². The zero-order chi connectivity index (χ0) is 16.8. The summed E-state index contributed by atoms with van der Waals surface area (Å²) < 4.78 is 11.1. The summed E-state index contributed by atoms with van der Waals surface area (Å²) in [5.41, 5.74) is 5.93. The van der Waals surface area contributed by atoms with E-state index in [1.807, 2.05) is 59.0 Å². The van der Waals surface area contributed by atoms with Gasteiger partial charge in [-0.05, 0) is 59.0 Å². The Morgan fingerprint density at radius 2 is 1.86 bits per heavy atom. The molecule has 0 saturated carbocycles. The van der Waals surface area contributed by atoms with E-state index in [0.717, 1.165) is 18.0 Å². The Labute approximate surface area is 133 Å². The topological polar surface area (TPSA) is 64.8 Å². The van der Waals surface area contributed by atoms with Crippen LogP contribution >= 0.6 is 0 Å². The van der Waals surface area contributed by atoms with Crippen LogP contribution in [0, 0.1) is 0 Å². The number of hydrogen-bond acceptors (Lipinski definition) is 5. The molecule has 1 unspecified atom stereocenters. The minimum Gasteiger partial charge on any atom is -0.489 e. The first kappa shape index (κ1) is 18.3. The quantitative estimate of drug-likeness (QED) is 0.620. The van der Waals surface area contributed by atoms with Crippen molar-refractivity contribution >= 4 is 11.7 Å². The van der Waals surface area contributed by atoms with Crippen LogP contribution in [-0.2, 0) is 9.53 Å². The molecule has 1 aromatic carbocycles. The van der Waals surface area contributed by atoms with Crippen molar-refractivity contribution in [3.05, 3.63) is 24.3 Å². The maximum Gasteiger partial charge on any atom is 0.307 e. The summed E-state index contributed by atoms with van der Waals surface area (Å²) in [6.45, 7) is 8.99. The molecule has 0 aliphatic heterocycles. The first-order valence-electron chi connectivity index (χ1n) is 7.58. The fourth-order valence-corrected chi connectivity index (χ4v) is 2.02. The van der Waals surface area contributed by atoms with Crippen molar-refractivity contribution in [1.82, 2.24) is 4.90 Å². The predicted molar refractivity (Wildman–Crippen MR) is 88.9 cm³/mol. The largest absolute Gasteiger partial charge is 0.489 e. The van der Waals surface area contributed by atoms with Crippen LogP contribution in [0.2, 0.25) is 0 Å². The van der Waals surface area contributed by atoms with Crippen LogP contribution in [0.15, 0.2) is 24.3 Å². The molecule has 1 atom stereocenters. The average Bonchev–Trinajstić information content (AvgIpc) is 2.37. The molecular formula is C17H28N2O3. The van der Waals surface area contributed by atoms with Crippen LogP contribution in [0.1, 0.15) is 34.1 Å². The van der Waals surface area contributed by atoms with Gasteiger partial charge < -0.3 is 20.1 Å². The van der Waals surface area contributed by atoms with Gasteiger partial charge in [0.2, 0.25) is 0 Å². The number of carbonyl (C=O) groups is 1. The molecule has 1 rings (SSSR count). The fraction of sp³-hybridized carbons (Fsp3) is 0.588. The van der Waals surface area contributed by atoms with Gasteiger partial charge in [0.25, 0.3) is 0 Å². The molecule has 0 fully saturated rings. The number of benzene rings is 1. The van der Waals surface area contributed by atoms with Gasteiger partial charge in [-0.15, -0.1) is 0 Å². The van der Waals surface area contributed by atoms with Gasteiger partial charge in [-0.2, -0.15) is 0 Å². The summed E-state index contributed by atoms with van der Waals surface area (Å²) in [4.78, 5) is 13.7. The highest BCUT2D eigenvalue weighted by molar-refractivity contribution is 5.70. The highest BCUT2D eigenvalue weighted by atomic mass is 16.6. The highest BCUT2D eigenvalue weighted by Crippen LogP contribution is 2.15. The molecule has 0 bridgehead atoms. The van der Waals surface area contributed by atoms with E-state index in [9.17, 15) is 4.79 Å². The van der Waals surface area contributed by atoms with Crippen LogP contribution in [0.25, 0.3) is 0 Å². The zero-order valence-corrected chi connectivity index (χ0v) is 14.3. The van der Waals surface area contributed by atoms with Gasteiger partial charge in [-0.1, -0.05) is 0 Å². The smallest absolute Gasteiger partial charge is 0.307 e. The number of nitrogens with two attached hydrogens (primary N) is 1. The van der Waals surface area contributed by atoms with Gasteiger partial charge in [-0.3, -0.25) is 4.79 Å². The molecule has 22 heavy (non-hydrogen) atoms. The van der Waals surface area contributed by atoms with Crippen molar-refractivity contribution < 1.29 is 14.3 Å². The van der Waals surface area contributed by atoms with Crippen LogP contribution in [0.5, 0.6) is 5.75 Å². The summed E-state index contributed by atoms with van der Waals surface area (Å²) in [7, 11) is 1.97. The Kier molecular flexibility index (Phi) is 6.68. The van der Waals surface area contributed by atoms with Crippen LogP contribution in [0.4, 0.5) is 5.69 Å². The first-order valence-corrected chi connectivity index (χ1v) is 7.58. The Morgan fingerprint density at radius 3 is 2.41 bits per heavy atom. The van der Waals surface area contributed by atoms with Crippen LogP contribution in [-0.4, -0.2) is 42.7 Å². The van der Waals surface area contributed by atoms with E-state index in [2.05, 4.69) is 4.90 Å². The number of rotatable bonds is 7. The lowest BCUT2D eigenvalue weighted by Crippen LogP contribution is -2.33. The van der Waals surface area contributed by atoms with Gasteiger partial charge in [-0.25, -0.2) is 0 Å². The minimum atomic E-state index is -0.429. The van der Waals surface area contributed by atoms with Gasteiger partial charge >= 0.3 is 5.97 Å². The van der Waals surface area contributed by atoms with E-state index in [-0.39, 0.29) is 12.1 Å². The summed E-state index contributed by atoms with van der Waals surface area (Å²) in [6.07, 6.45) is 0.398. The van der Waals surface area contributed by atoms with Crippen molar-refractivity contribution in [1.29, 1.82) is 0 Å². The third-order valence-corrected chi connectivity index (χ3v) is 2.90. The fourth-order valence-electron chi connectivity index (χ4n) is 2.02. The molecule has 0 aliphatic rings. The molecule has 2 N–H and O–H groups in total. The van der Waals surface area contributed by atoms with Gasteiger partial charge in [0.1, 0.15) is 17.5 Å². The third kappa shape index (κ3) is 7.88. The second-order valence-electron chi connectivity index (χ2n) is 6.60. The number of ether oxygens (including phenoxy) is 2. The monoisotopic (exact) mass is 308 g/mol. The van der Waals surface area contributed by atoms with Gasteiger partial charge in [0.05, 0.1) is 6.42 Å². The van der Waals surface area contributed by atoms with E-state index in [4.69, 9.17) is 15.2 Å². The Balaban J connectivity index is 2.30. The molecule has 0 aliphatic carbocycles. The summed E-state index contributed by atoms with van der Waals surface area (Å²) >= 11 is 0. The lowest BCUT2D eigenvalue weighted by molar-refractivity contribution is -0.155. The molecule has 124 valence electrons. The molecule has 5 heteroatoms. The molecule has 0 aromatic heterocycles. The molecular weight excluding hydrogens is 280 g/mol. The van der Waals surface area contributed by atoms with Gasteiger partial charge in [0, 0.05) is 18.8 Å². The minimum absolute atomic E-state index is 0.0206. The lowest BCUT2D eigenvalue weighted by atomic mass is 10.2. The zero-order valence-electron chi connectivity index (χ0n) is 14.3. The molecule has 0 radical (unpaired) electrons. The number of likely N-dealkylation sites (N-methyl/N-ethyl adjacent to an activating group) is 1. The van der Waals surface area contributed by atoms with Crippen LogP contribution in [0.3, 0.4) is 0 Å². The maximum atomic E-state index is 11.7. The standard InChI is InChI=1S/C17H28N2O3/c1-13(21-15-8-6-14(18)7-9-15)12-19(5)11-10-16(20)22-17(2,3)4/h6-9,13H,10-12,18H2,1-5H3. The number of nitrogen functional groups attached to an aromatic ring is 1. The summed E-state index contributed by atoms with van der Waals surface area (Å²) in [5.74, 6) is 0.619. The highest BCUT2D eigenvalue weighted by Gasteiger charge is 2.17. The van der Waals surface area contributed by atoms with Crippen molar-refractivity contribution in [2.75, 3.05) is 25.9 Å². The number of carbonyl (C=O) groups excluding carboxylic acids is 1. The summed E-state index contributed by atoms with van der Waals surface area (Å²) in [5, 5.41) is 0. The van der Waals surface area contributed by atoms with E-state index < -0.39 is 5.60 Å². The number of hydrogen-bond donors (Lipinski definition) is 1. The molecule has 5 nitrogen and oxygen atoms in total. The summed E-state index contributed by atoms with van der Waals surface area (Å²) in [6, 6.07) is 7.33. The van der Waals surface area contributed by atoms with Gasteiger partial charge in [0.15, 0.2) is 0 Å². The second kappa shape index (κ2) is 8.03. The van der Waals surface area contributed by atoms with Crippen molar-refractivity contribution in [3.63, 3.8) is 0 Å². The Hall–Kier alpha value is -1.75. The number of nitrogens with zero attached hydrogens (tertiary/aromatic N) is 1. The SMILES string of the molecule is CC(CN(C)CCC(=O)OC(C)(C)C)Oc1ccc(N)cc1.